The molecule has 6 heteroatoms. The molecule has 0 saturated carbocycles. The summed E-state index contributed by atoms with van der Waals surface area (Å²) >= 11 is 0. The number of rotatable bonds is 4. The van der Waals surface area contributed by atoms with Crippen LogP contribution >= 0.6 is 0 Å². The minimum atomic E-state index is -1.01. The summed E-state index contributed by atoms with van der Waals surface area (Å²) in [7, 11) is 0. The number of carboxylic acid groups (broad SMARTS) is 1. The maximum atomic E-state index is 11.3. The SMILES string of the molecule is Cc1nccc(COc2ccc3oc(C)c(C(=O)O)c3c2)n1. The summed E-state index contributed by atoms with van der Waals surface area (Å²) in [5.41, 5.74) is 1.45. The van der Waals surface area contributed by atoms with Gasteiger partial charge in [-0.2, -0.15) is 0 Å². The second kappa shape index (κ2) is 5.48. The average Bonchev–Trinajstić information content (AvgIpc) is 2.80. The van der Waals surface area contributed by atoms with Gasteiger partial charge >= 0.3 is 5.97 Å². The fourth-order valence-electron chi connectivity index (χ4n) is 2.30. The van der Waals surface area contributed by atoms with Gasteiger partial charge in [0.2, 0.25) is 0 Å². The fraction of sp³-hybridized carbons (Fsp3) is 0.188. The number of aryl methyl sites for hydroxylation is 2. The van der Waals surface area contributed by atoms with Crippen LogP contribution < -0.4 is 4.74 Å². The Morgan fingerprint density at radius 1 is 1.32 bits per heavy atom. The Morgan fingerprint density at radius 2 is 2.14 bits per heavy atom. The average molecular weight is 298 g/mol. The molecular formula is C16H14N2O4. The van der Waals surface area contributed by atoms with Crippen LogP contribution in [0.5, 0.6) is 5.75 Å². The Bertz CT molecular complexity index is 854. The van der Waals surface area contributed by atoms with Gasteiger partial charge in [0.15, 0.2) is 0 Å². The van der Waals surface area contributed by atoms with Crippen molar-refractivity contribution in [3.05, 3.63) is 53.3 Å². The number of aromatic nitrogens is 2. The van der Waals surface area contributed by atoms with Crippen LogP contribution in [0.25, 0.3) is 11.0 Å². The van der Waals surface area contributed by atoms with Crippen molar-refractivity contribution < 1.29 is 19.1 Å². The number of nitrogens with zero attached hydrogens (tertiary/aromatic N) is 2. The van der Waals surface area contributed by atoms with Gasteiger partial charge in [-0.3, -0.25) is 0 Å². The van der Waals surface area contributed by atoms with E-state index in [1.807, 2.05) is 6.92 Å². The Morgan fingerprint density at radius 3 is 2.86 bits per heavy atom. The molecule has 0 bridgehead atoms. The van der Waals surface area contributed by atoms with E-state index in [-0.39, 0.29) is 12.2 Å². The van der Waals surface area contributed by atoms with Crippen molar-refractivity contribution >= 4 is 16.9 Å². The fourth-order valence-corrected chi connectivity index (χ4v) is 2.30. The van der Waals surface area contributed by atoms with E-state index in [2.05, 4.69) is 9.97 Å². The zero-order valence-electron chi connectivity index (χ0n) is 12.2. The third-order valence-corrected chi connectivity index (χ3v) is 3.27. The van der Waals surface area contributed by atoms with Gasteiger partial charge in [-0.1, -0.05) is 0 Å². The molecule has 0 saturated heterocycles. The third kappa shape index (κ3) is 2.63. The van der Waals surface area contributed by atoms with Crippen molar-refractivity contribution in [3.63, 3.8) is 0 Å². The first-order valence-electron chi connectivity index (χ1n) is 6.72. The van der Waals surface area contributed by atoms with Crippen molar-refractivity contribution in [2.45, 2.75) is 20.5 Å². The highest BCUT2D eigenvalue weighted by atomic mass is 16.5. The molecule has 0 fully saturated rings. The van der Waals surface area contributed by atoms with Crippen molar-refractivity contribution in [3.8, 4) is 5.75 Å². The first kappa shape index (κ1) is 14.1. The van der Waals surface area contributed by atoms with Gasteiger partial charge in [-0.25, -0.2) is 14.8 Å². The normalized spacial score (nSPS) is 10.8. The molecule has 0 spiro atoms. The van der Waals surface area contributed by atoms with Gasteiger partial charge < -0.3 is 14.3 Å². The molecule has 2 aromatic heterocycles. The summed E-state index contributed by atoms with van der Waals surface area (Å²) in [6.07, 6.45) is 1.67. The number of hydrogen-bond acceptors (Lipinski definition) is 5. The molecule has 1 aromatic carbocycles. The van der Waals surface area contributed by atoms with Crippen molar-refractivity contribution in [2.24, 2.45) is 0 Å². The van der Waals surface area contributed by atoms with Gasteiger partial charge in [0.1, 0.15) is 35.1 Å². The van der Waals surface area contributed by atoms with Crippen molar-refractivity contribution in [1.29, 1.82) is 0 Å². The van der Waals surface area contributed by atoms with E-state index in [1.54, 1.807) is 37.4 Å². The smallest absolute Gasteiger partial charge is 0.339 e. The topological polar surface area (TPSA) is 85.5 Å². The largest absolute Gasteiger partial charge is 0.487 e. The molecule has 3 aromatic rings. The number of fused-ring (bicyclic) bond motifs is 1. The Balaban J connectivity index is 1.88. The summed E-state index contributed by atoms with van der Waals surface area (Å²) in [6, 6.07) is 6.89. The number of benzene rings is 1. The van der Waals surface area contributed by atoms with E-state index >= 15 is 0 Å². The van der Waals surface area contributed by atoms with Gasteiger partial charge in [-0.05, 0) is 38.1 Å². The number of aromatic carboxylic acids is 1. The number of carboxylic acids is 1. The highest BCUT2D eigenvalue weighted by Crippen LogP contribution is 2.29. The predicted molar refractivity (Wildman–Crippen MR) is 79.0 cm³/mol. The van der Waals surface area contributed by atoms with E-state index in [1.165, 1.54) is 0 Å². The summed E-state index contributed by atoms with van der Waals surface area (Å²) in [6.45, 7) is 3.73. The van der Waals surface area contributed by atoms with Crippen LogP contribution in [-0.2, 0) is 6.61 Å². The zero-order valence-corrected chi connectivity index (χ0v) is 12.2. The lowest BCUT2D eigenvalue weighted by Gasteiger charge is -2.06. The maximum absolute atomic E-state index is 11.3. The lowest BCUT2D eigenvalue weighted by molar-refractivity contribution is 0.0697. The molecule has 1 N–H and O–H groups in total. The zero-order chi connectivity index (χ0) is 15.7. The molecule has 0 atom stereocenters. The molecule has 0 amide bonds. The van der Waals surface area contributed by atoms with E-state index in [4.69, 9.17) is 9.15 Å². The molecule has 22 heavy (non-hydrogen) atoms. The molecule has 3 rings (SSSR count). The van der Waals surface area contributed by atoms with Crippen LogP contribution in [0.3, 0.4) is 0 Å². The van der Waals surface area contributed by atoms with Crippen LogP contribution in [0.2, 0.25) is 0 Å². The quantitative estimate of drug-likeness (QED) is 0.796. The van der Waals surface area contributed by atoms with E-state index < -0.39 is 5.97 Å². The molecule has 0 aliphatic rings. The van der Waals surface area contributed by atoms with Crippen molar-refractivity contribution in [2.75, 3.05) is 0 Å². The number of furan rings is 1. The van der Waals surface area contributed by atoms with Crippen LogP contribution in [0.4, 0.5) is 0 Å². The summed E-state index contributed by atoms with van der Waals surface area (Å²) < 4.78 is 11.1. The van der Waals surface area contributed by atoms with Gasteiger partial charge in [0.25, 0.3) is 0 Å². The van der Waals surface area contributed by atoms with Crippen LogP contribution in [-0.4, -0.2) is 21.0 Å². The lowest BCUT2D eigenvalue weighted by Crippen LogP contribution is -2.00. The van der Waals surface area contributed by atoms with E-state index in [0.29, 0.717) is 28.3 Å². The second-order valence-electron chi connectivity index (χ2n) is 4.88. The highest BCUT2D eigenvalue weighted by Gasteiger charge is 2.17. The van der Waals surface area contributed by atoms with Crippen LogP contribution in [0.15, 0.2) is 34.9 Å². The minimum absolute atomic E-state index is 0.165. The maximum Gasteiger partial charge on any atom is 0.339 e. The minimum Gasteiger partial charge on any atom is -0.487 e. The number of ether oxygens (including phenoxy) is 1. The molecule has 6 nitrogen and oxygen atoms in total. The van der Waals surface area contributed by atoms with Gasteiger partial charge in [0, 0.05) is 11.6 Å². The summed E-state index contributed by atoms with van der Waals surface area (Å²) in [5, 5.41) is 9.79. The standard InChI is InChI=1S/C16H14N2O4/c1-9-15(16(19)20)13-7-12(3-4-14(13)22-9)21-8-11-5-6-17-10(2)18-11/h3-7H,8H2,1-2H3,(H,19,20). The Labute approximate surface area is 126 Å². The van der Waals surface area contributed by atoms with Crippen LogP contribution in [0.1, 0.15) is 27.6 Å². The molecule has 0 unspecified atom stereocenters. The number of carbonyl (C=O) groups is 1. The lowest BCUT2D eigenvalue weighted by atomic mass is 10.1. The second-order valence-corrected chi connectivity index (χ2v) is 4.88. The first-order valence-corrected chi connectivity index (χ1v) is 6.72. The molecule has 0 radical (unpaired) electrons. The molecular weight excluding hydrogens is 284 g/mol. The first-order chi connectivity index (χ1) is 10.5. The molecule has 0 aliphatic heterocycles. The highest BCUT2D eigenvalue weighted by molar-refractivity contribution is 6.03. The molecule has 0 aliphatic carbocycles. The van der Waals surface area contributed by atoms with E-state index in [9.17, 15) is 9.90 Å². The summed E-state index contributed by atoms with van der Waals surface area (Å²) in [5.74, 6) is 0.605. The number of hydrogen-bond donors (Lipinski definition) is 1. The molecule has 2 heterocycles. The van der Waals surface area contributed by atoms with Crippen LogP contribution in [0, 0.1) is 13.8 Å². The predicted octanol–water partition coefficient (Wildman–Crippen LogP) is 3.12. The summed E-state index contributed by atoms with van der Waals surface area (Å²) in [4.78, 5) is 19.6. The van der Waals surface area contributed by atoms with Gasteiger partial charge in [0.05, 0.1) is 5.69 Å². The Kier molecular flexibility index (Phi) is 3.50. The van der Waals surface area contributed by atoms with E-state index in [0.717, 1.165) is 5.69 Å². The van der Waals surface area contributed by atoms with Crippen molar-refractivity contribution in [1.82, 2.24) is 9.97 Å². The van der Waals surface area contributed by atoms with Gasteiger partial charge in [-0.15, -0.1) is 0 Å². The Hall–Kier alpha value is -2.89. The molecule has 112 valence electrons. The monoisotopic (exact) mass is 298 g/mol. The third-order valence-electron chi connectivity index (χ3n) is 3.27.